The van der Waals surface area contributed by atoms with Gasteiger partial charge in [0.1, 0.15) is 0 Å². The fourth-order valence-electron chi connectivity index (χ4n) is 3.68. The Bertz CT molecular complexity index is 525. The standard InChI is InChI=1S/C19H32N2O2/c1-14-10-15(2)19(13-22)17(4)18(14)12-20(5)11-16(3)21-6-8-23-9-7-21/h10,16,22H,6-9,11-13H2,1-5H3/t16-/m0/s1. The third kappa shape index (κ3) is 4.54. The van der Waals surface area contributed by atoms with Gasteiger partial charge in [-0.3, -0.25) is 4.90 Å². The molecule has 1 aromatic rings. The minimum absolute atomic E-state index is 0.124. The van der Waals surface area contributed by atoms with E-state index >= 15 is 0 Å². The van der Waals surface area contributed by atoms with Crippen molar-refractivity contribution in [2.45, 2.75) is 46.9 Å². The van der Waals surface area contributed by atoms with Crippen molar-refractivity contribution in [3.63, 3.8) is 0 Å². The Hall–Kier alpha value is -0.940. The lowest BCUT2D eigenvalue weighted by molar-refractivity contribution is 0.0137. The van der Waals surface area contributed by atoms with Gasteiger partial charge in [-0.1, -0.05) is 6.07 Å². The van der Waals surface area contributed by atoms with E-state index in [9.17, 15) is 5.11 Å². The average molecular weight is 320 g/mol. The van der Waals surface area contributed by atoms with Crippen molar-refractivity contribution in [2.24, 2.45) is 0 Å². The Morgan fingerprint density at radius 1 is 1.17 bits per heavy atom. The molecule has 23 heavy (non-hydrogen) atoms. The molecule has 0 amide bonds. The molecule has 1 aromatic carbocycles. The molecule has 4 heteroatoms. The molecule has 1 aliphatic heterocycles. The maximum atomic E-state index is 9.63. The Morgan fingerprint density at radius 3 is 2.39 bits per heavy atom. The van der Waals surface area contributed by atoms with Gasteiger partial charge in [0.05, 0.1) is 19.8 Å². The third-order valence-corrected chi connectivity index (χ3v) is 5.12. The van der Waals surface area contributed by atoms with Gasteiger partial charge in [0.2, 0.25) is 0 Å². The van der Waals surface area contributed by atoms with E-state index < -0.39 is 0 Å². The highest BCUT2D eigenvalue weighted by Crippen LogP contribution is 2.23. The lowest BCUT2D eigenvalue weighted by atomic mass is 9.93. The monoisotopic (exact) mass is 320 g/mol. The van der Waals surface area contributed by atoms with Crippen molar-refractivity contribution in [3.8, 4) is 0 Å². The van der Waals surface area contributed by atoms with E-state index in [1.807, 2.05) is 0 Å². The maximum absolute atomic E-state index is 9.63. The van der Waals surface area contributed by atoms with Crippen molar-refractivity contribution in [1.82, 2.24) is 9.80 Å². The van der Waals surface area contributed by atoms with Gasteiger partial charge in [-0.15, -0.1) is 0 Å². The molecule has 4 nitrogen and oxygen atoms in total. The number of benzene rings is 1. The highest BCUT2D eigenvalue weighted by Gasteiger charge is 2.19. The summed E-state index contributed by atoms with van der Waals surface area (Å²) >= 11 is 0. The van der Waals surface area contributed by atoms with Gasteiger partial charge in [0, 0.05) is 32.2 Å². The molecule has 1 fully saturated rings. The second-order valence-electron chi connectivity index (χ2n) is 6.94. The van der Waals surface area contributed by atoms with Crippen LogP contribution in [-0.2, 0) is 17.9 Å². The molecule has 0 aliphatic carbocycles. The molecule has 0 aromatic heterocycles. The van der Waals surface area contributed by atoms with Crippen LogP contribution in [0.5, 0.6) is 0 Å². The molecule has 1 atom stereocenters. The Morgan fingerprint density at radius 2 is 1.78 bits per heavy atom. The van der Waals surface area contributed by atoms with E-state index in [-0.39, 0.29) is 6.61 Å². The molecule has 1 heterocycles. The molecule has 0 saturated carbocycles. The minimum atomic E-state index is 0.124. The molecule has 0 unspecified atom stereocenters. The summed E-state index contributed by atoms with van der Waals surface area (Å²) in [5.41, 5.74) is 6.20. The van der Waals surface area contributed by atoms with E-state index in [1.165, 1.54) is 22.3 Å². The fraction of sp³-hybridized carbons (Fsp3) is 0.684. The number of aryl methyl sites for hydroxylation is 2. The molecule has 0 spiro atoms. The van der Waals surface area contributed by atoms with Gasteiger partial charge in [-0.05, 0) is 62.6 Å². The zero-order valence-corrected chi connectivity index (χ0v) is 15.4. The number of ether oxygens (including phenoxy) is 1. The van der Waals surface area contributed by atoms with Crippen LogP contribution in [0.25, 0.3) is 0 Å². The van der Waals surface area contributed by atoms with Crippen LogP contribution in [0.15, 0.2) is 6.07 Å². The number of aliphatic hydroxyl groups is 1. The van der Waals surface area contributed by atoms with Gasteiger partial charge in [0.15, 0.2) is 0 Å². The summed E-state index contributed by atoms with van der Waals surface area (Å²) in [6.07, 6.45) is 0. The molecular weight excluding hydrogens is 288 g/mol. The van der Waals surface area contributed by atoms with Crippen LogP contribution in [-0.4, -0.2) is 60.8 Å². The Balaban J connectivity index is 2.03. The number of nitrogens with zero attached hydrogens (tertiary/aromatic N) is 2. The van der Waals surface area contributed by atoms with Gasteiger partial charge in [-0.25, -0.2) is 0 Å². The smallest absolute Gasteiger partial charge is 0.0687 e. The molecule has 130 valence electrons. The molecule has 2 rings (SSSR count). The molecular formula is C19H32N2O2. The third-order valence-electron chi connectivity index (χ3n) is 5.12. The number of rotatable bonds is 6. The van der Waals surface area contributed by atoms with E-state index in [4.69, 9.17) is 4.74 Å². The van der Waals surface area contributed by atoms with E-state index in [0.717, 1.165) is 45.0 Å². The number of morpholine rings is 1. The van der Waals surface area contributed by atoms with Gasteiger partial charge >= 0.3 is 0 Å². The maximum Gasteiger partial charge on any atom is 0.0687 e. The van der Waals surface area contributed by atoms with Crippen molar-refractivity contribution < 1.29 is 9.84 Å². The van der Waals surface area contributed by atoms with Crippen LogP contribution in [0.4, 0.5) is 0 Å². The Labute approximate surface area is 141 Å². The van der Waals surface area contributed by atoms with Crippen molar-refractivity contribution in [2.75, 3.05) is 39.9 Å². The van der Waals surface area contributed by atoms with Crippen molar-refractivity contribution in [1.29, 1.82) is 0 Å². The lowest BCUT2D eigenvalue weighted by Gasteiger charge is -2.34. The first-order valence-electron chi connectivity index (χ1n) is 8.63. The van der Waals surface area contributed by atoms with Gasteiger partial charge in [-0.2, -0.15) is 0 Å². The lowest BCUT2D eigenvalue weighted by Crippen LogP contribution is -2.46. The summed E-state index contributed by atoms with van der Waals surface area (Å²) in [4.78, 5) is 4.90. The first kappa shape index (κ1) is 18.4. The second-order valence-corrected chi connectivity index (χ2v) is 6.94. The van der Waals surface area contributed by atoms with Crippen LogP contribution < -0.4 is 0 Å². The fourth-order valence-corrected chi connectivity index (χ4v) is 3.68. The van der Waals surface area contributed by atoms with E-state index in [1.54, 1.807) is 0 Å². The molecule has 1 N–H and O–H groups in total. The van der Waals surface area contributed by atoms with Crippen LogP contribution in [0, 0.1) is 20.8 Å². The van der Waals surface area contributed by atoms with Crippen LogP contribution in [0.2, 0.25) is 0 Å². The van der Waals surface area contributed by atoms with Gasteiger partial charge in [0.25, 0.3) is 0 Å². The summed E-state index contributed by atoms with van der Waals surface area (Å²) in [7, 11) is 2.19. The zero-order chi connectivity index (χ0) is 17.0. The highest BCUT2D eigenvalue weighted by atomic mass is 16.5. The van der Waals surface area contributed by atoms with Crippen LogP contribution >= 0.6 is 0 Å². The number of aliphatic hydroxyl groups excluding tert-OH is 1. The number of hydrogen-bond donors (Lipinski definition) is 1. The number of likely N-dealkylation sites (N-methyl/N-ethyl adjacent to an activating group) is 1. The van der Waals surface area contributed by atoms with Crippen LogP contribution in [0.1, 0.15) is 34.7 Å². The minimum Gasteiger partial charge on any atom is -0.392 e. The second kappa shape index (κ2) is 8.25. The Kier molecular flexibility index (Phi) is 6.60. The summed E-state index contributed by atoms with van der Waals surface area (Å²) in [6, 6.07) is 2.74. The first-order valence-corrected chi connectivity index (χ1v) is 8.63. The largest absolute Gasteiger partial charge is 0.392 e. The topological polar surface area (TPSA) is 35.9 Å². The SMILES string of the molecule is Cc1cc(C)c(CN(C)C[C@H](C)N2CCOCC2)c(C)c1CO. The highest BCUT2D eigenvalue weighted by molar-refractivity contribution is 5.44. The quantitative estimate of drug-likeness (QED) is 0.872. The predicted octanol–water partition coefficient (Wildman–Crippen LogP) is 2.26. The predicted molar refractivity (Wildman–Crippen MR) is 94.8 cm³/mol. The van der Waals surface area contributed by atoms with E-state index in [2.05, 4.69) is 50.6 Å². The van der Waals surface area contributed by atoms with E-state index in [0.29, 0.717) is 6.04 Å². The average Bonchev–Trinajstić information content (AvgIpc) is 2.52. The first-order chi connectivity index (χ1) is 10.9. The summed E-state index contributed by atoms with van der Waals surface area (Å²) in [6.45, 7) is 14.6. The molecule has 1 saturated heterocycles. The molecule has 0 bridgehead atoms. The zero-order valence-electron chi connectivity index (χ0n) is 15.4. The van der Waals surface area contributed by atoms with Crippen LogP contribution in [0.3, 0.4) is 0 Å². The molecule has 0 radical (unpaired) electrons. The van der Waals surface area contributed by atoms with Gasteiger partial charge < -0.3 is 14.7 Å². The number of hydrogen-bond acceptors (Lipinski definition) is 4. The van der Waals surface area contributed by atoms with Crippen molar-refractivity contribution >= 4 is 0 Å². The van der Waals surface area contributed by atoms with Crippen molar-refractivity contribution in [3.05, 3.63) is 33.9 Å². The summed E-state index contributed by atoms with van der Waals surface area (Å²) in [5.74, 6) is 0. The molecule has 1 aliphatic rings. The summed E-state index contributed by atoms with van der Waals surface area (Å²) in [5, 5.41) is 9.63. The normalized spacial score (nSPS) is 17.7. The summed E-state index contributed by atoms with van der Waals surface area (Å²) < 4.78 is 5.44.